The molecule has 1 amide bonds. The first-order valence-corrected chi connectivity index (χ1v) is 7.25. The molecule has 0 atom stereocenters. The predicted molar refractivity (Wildman–Crippen MR) is 74.5 cm³/mol. The normalized spacial score (nSPS) is 18.1. The number of aliphatic hydroxyl groups is 1. The minimum atomic E-state index is -0.834. The molecule has 0 saturated heterocycles. The van der Waals surface area contributed by atoms with Gasteiger partial charge in [0.2, 0.25) is 0 Å². The average Bonchev–Trinajstić information content (AvgIpc) is 2.37. The summed E-state index contributed by atoms with van der Waals surface area (Å²) in [6.45, 7) is 0.182. The summed E-state index contributed by atoms with van der Waals surface area (Å²) in [5.41, 5.74) is -0.831. The van der Waals surface area contributed by atoms with Gasteiger partial charge in [-0.3, -0.25) is 4.79 Å². The second-order valence-corrected chi connectivity index (χ2v) is 6.01. The Bertz CT molecular complexity index is 473. The number of carbonyl (C=O) groups is 1. The van der Waals surface area contributed by atoms with Crippen LogP contribution in [0.4, 0.5) is 4.39 Å². The van der Waals surface area contributed by atoms with Crippen molar-refractivity contribution in [3.63, 3.8) is 0 Å². The molecule has 5 heteroatoms. The molecular formula is C14H17BrFNO2. The summed E-state index contributed by atoms with van der Waals surface area (Å²) in [6.07, 6.45) is 4.45. The van der Waals surface area contributed by atoms with Gasteiger partial charge in [0.1, 0.15) is 5.82 Å². The molecule has 104 valence electrons. The van der Waals surface area contributed by atoms with Crippen LogP contribution in [-0.4, -0.2) is 23.2 Å². The Labute approximate surface area is 120 Å². The van der Waals surface area contributed by atoms with Crippen LogP contribution in [0, 0.1) is 5.82 Å². The van der Waals surface area contributed by atoms with Crippen LogP contribution in [0.2, 0.25) is 0 Å². The van der Waals surface area contributed by atoms with Crippen molar-refractivity contribution in [2.45, 2.75) is 37.7 Å². The topological polar surface area (TPSA) is 49.3 Å². The molecule has 19 heavy (non-hydrogen) atoms. The highest BCUT2D eigenvalue weighted by atomic mass is 79.9. The van der Waals surface area contributed by atoms with Crippen molar-refractivity contribution in [1.82, 2.24) is 5.32 Å². The molecule has 1 aliphatic rings. The summed E-state index contributed by atoms with van der Waals surface area (Å²) in [4.78, 5) is 11.9. The van der Waals surface area contributed by atoms with Crippen molar-refractivity contribution in [2.24, 2.45) is 0 Å². The van der Waals surface area contributed by atoms with E-state index in [9.17, 15) is 14.3 Å². The van der Waals surface area contributed by atoms with Crippen LogP contribution in [0.25, 0.3) is 0 Å². The zero-order valence-electron chi connectivity index (χ0n) is 10.6. The highest BCUT2D eigenvalue weighted by Crippen LogP contribution is 2.27. The van der Waals surface area contributed by atoms with Gasteiger partial charge in [-0.05, 0) is 31.0 Å². The van der Waals surface area contributed by atoms with E-state index in [-0.39, 0.29) is 12.1 Å². The third-order valence-corrected chi connectivity index (χ3v) is 4.03. The molecule has 1 aromatic carbocycles. The lowest BCUT2D eigenvalue weighted by Crippen LogP contribution is -2.44. The number of nitrogens with one attached hydrogen (secondary N) is 1. The van der Waals surface area contributed by atoms with E-state index in [2.05, 4.69) is 21.2 Å². The first-order chi connectivity index (χ1) is 9.00. The first kappa shape index (κ1) is 14.5. The molecule has 0 spiro atoms. The van der Waals surface area contributed by atoms with E-state index in [4.69, 9.17) is 0 Å². The Morgan fingerprint density at radius 3 is 2.68 bits per heavy atom. The van der Waals surface area contributed by atoms with Gasteiger partial charge in [0.25, 0.3) is 5.91 Å². The maximum atomic E-state index is 13.6. The molecule has 2 rings (SSSR count). The fourth-order valence-electron chi connectivity index (χ4n) is 2.40. The number of rotatable bonds is 3. The predicted octanol–water partition coefficient (Wildman–Crippen LogP) is 3.01. The molecule has 1 fully saturated rings. The number of hydrogen-bond acceptors (Lipinski definition) is 2. The van der Waals surface area contributed by atoms with E-state index in [1.54, 1.807) is 6.07 Å². The highest BCUT2D eigenvalue weighted by Gasteiger charge is 2.29. The highest BCUT2D eigenvalue weighted by molar-refractivity contribution is 9.10. The summed E-state index contributed by atoms with van der Waals surface area (Å²) in [7, 11) is 0. The Hall–Kier alpha value is -0.940. The standard InChI is InChI=1S/C14H17BrFNO2/c15-10-4-5-11(12(16)8-10)13(18)17-9-14(19)6-2-1-3-7-14/h4-5,8,19H,1-3,6-7,9H2,(H,17,18). The molecule has 3 nitrogen and oxygen atoms in total. The van der Waals surface area contributed by atoms with Crippen LogP contribution in [0.15, 0.2) is 22.7 Å². The Morgan fingerprint density at radius 2 is 2.05 bits per heavy atom. The number of benzene rings is 1. The maximum absolute atomic E-state index is 13.6. The second-order valence-electron chi connectivity index (χ2n) is 5.09. The average molecular weight is 330 g/mol. The van der Waals surface area contributed by atoms with Gasteiger partial charge in [-0.1, -0.05) is 35.2 Å². The number of hydrogen-bond donors (Lipinski definition) is 2. The second kappa shape index (κ2) is 6.01. The molecule has 1 aromatic rings. The Morgan fingerprint density at radius 1 is 1.37 bits per heavy atom. The van der Waals surface area contributed by atoms with Gasteiger partial charge in [0.05, 0.1) is 11.2 Å². The van der Waals surface area contributed by atoms with Crippen molar-refractivity contribution in [1.29, 1.82) is 0 Å². The summed E-state index contributed by atoms with van der Waals surface area (Å²) in [6, 6.07) is 4.30. The molecule has 0 bridgehead atoms. The number of carbonyl (C=O) groups excluding carboxylic acids is 1. The van der Waals surface area contributed by atoms with Crippen molar-refractivity contribution in [3.8, 4) is 0 Å². The summed E-state index contributed by atoms with van der Waals surface area (Å²) >= 11 is 3.14. The largest absolute Gasteiger partial charge is 0.388 e. The van der Waals surface area contributed by atoms with Crippen LogP contribution in [-0.2, 0) is 0 Å². The summed E-state index contributed by atoms with van der Waals surface area (Å²) in [5, 5.41) is 12.9. The van der Waals surface area contributed by atoms with Gasteiger partial charge in [-0.2, -0.15) is 0 Å². The van der Waals surface area contributed by atoms with Crippen LogP contribution in [0.1, 0.15) is 42.5 Å². The van der Waals surface area contributed by atoms with Gasteiger partial charge in [-0.15, -0.1) is 0 Å². The molecule has 0 aliphatic heterocycles. The first-order valence-electron chi connectivity index (χ1n) is 6.46. The van der Waals surface area contributed by atoms with Gasteiger partial charge in [0, 0.05) is 11.0 Å². The molecule has 1 saturated carbocycles. The quantitative estimate of drug-likeness (QED) is 0.895. The van der Waals surface area contributed by atoms with E-state index in [0.29, 0.717) is 17.3 Å². The Balaban J connectivity index is 1.97. The van der Waals surface area contributed by atoms with Gasteiger partial charge in [0.15, 0.2) is 0 Å². The van der Waals surface area contributed by atoms with Gasteiger partial charge in [-0.25, -0.2) is 4.39 Å². The third-order valence-electron chi connectivity index (χ3n) is 3.54. The molecule has 0 aromatic heterocycles. The minimum absolute atomic E-state index is 0.00242. The van der Waals surface area contributed by atoms with Gasteiger partial charge >= 0.3 is 0 Å². The monoisotopic (exact) mass is 329 g/mol. The summed E-state index contributed by atoms with van der Waals surface area (Å²) < 4.78 is 14.2. The van der Waals surface area contributed by atoms with E-state index in [1.165, 1.54) is 12.1 Å². The maximum Gasteiger partial charge on any atom is 0.254 e. The SMILES string of the molecule is O=C(NCC1(O)CCCCC1)c1ccc(Br)cc1F. The fraction of sp³-hybridized carbons (Fsp3) is 0.500. The zero-order chi connectivity index (χ0) is 13.9. The smallest absolute Gasteiger partial charge is 0.254 e. The number of amides is 1. The lowest BCUT2D eigenvalue weighted by Gasteiger charge is -2.32. The fourth-order valence-corrected chi connectivity index (χ4v) is 2.73. The summed E-state index contributed by atoms with van der Waals surface area (Å²) in [5.74, 6) is -1.05. The van der Waals surface area contributed by atoms with E-state index in [0.717, 1.165) is 19.3 Å². The van der Waals surface area contributed by atoms with Gasteiger partial charge < -0.3 is 10.4 Å². The van der Waals surface area contributed by atoms with E-state index >= 15 is 0 Å². The molecule has 1 aliphatic carbocycles. The minimum Gasteiger partial charge on any atom is -0.388 e. The molecular weight excluding hydrogens is 313 g/mol. The number of halogens is 2. The van der Waals surface area contributed by atoms with Crippen LogP contribution in [0.3, 0.4) is 0 Å². The van der Waals surface area contributed by atoms with E-state index in [1.807, 2.05) is 0 Å². The molecule has 2 N–H and O–H groups in total. The van der Waals surface area contributed by atoms with Crippen molar-refractivity contribution < 1.29 is 14.3 Å². The Kier molecular flexibility index (Phi) is 4.58. The lowest BCUT2D eigenvalue weighted by atomic mass is 9.85. The third kappa shape index (κ3) is 3.76. The zero-order valence-corrected chi connectivity index (χ0v) is 12.2. The van der Waals surface area contributed by atoms with E-state index < -0.39 is 17.3 Å². The van der Waals surface area contributed by atoms with Crippen LogP contribution >= 0.6 is 15.9 Å². The molecule has 0 unspecified atom stereocenters. The van der Waals surface area contributed by atoms with Crippen molar-refractivity contribution in [2.75, 3.05) is 6.54 Å². The van der Waals surface area contributed by atoms with Crippen LogP contribution < -0.4 is 5.32 Å². The van der Waals surface area contributed by atoms with Crippen LogP contribution in [0.5, 0.6) is 0 Å². The lowest BCUT2D eigenvalue weighted by molar-refractivity contribution is 0.00521. The van der Waals surface area contributed by atoms with Crippen molar-refractivity contribution >= 4 is 21.8 Å². The van der Waals surface area contributed by atoms with Crippen molar-refractivity contribution in [3.05, 3.63) is 34.1 Å². The molecule has 0 radical (unpaired) electrons. The molecule has 0 heterocycles.